The van der Waals surface area contributed by atoms with E-state index in [9.17, 15) is 19.1 Å². The lowest BCUT2D eigenvalue weighted by Gasteiger charge is -2.26. The third-order valence-corrected chi connectivity index (χ3v) is 6.12. The minimum Gasteiger partial charge on any atom is -0.494 e. The Kier molecular flexibility index (Phi) is 10.0. The molecule has 1 saturated heterocycles. The number of halogens is 2. The minimum atomic E-state index is -1.13. The summed E-state index contributed by atoms with van der Waals surface area (Å²) in [5.74, 6) is -1.35. The maximum absolute atomic E-state index is 13.1. The fourth-order valence-electron chi connectivity index (χ4n) is 4.18. The van der Waals surface area contributed by atoms with Crippen LogP contribution in [-0.2, 0) is 11.2 Å². The average molecular weight is 516 g/mol. The molecule has 4 rings (SSSR count). The first-order chi connectivity index (χ1) is 17.0. The summed E-state index contributed by atoms with van der Waals surface area (Å²) in [5, 5.41) is 17.4. The molecule has 3 aromatic rings. The van der Waals surface area contributed by atoms with Gasteiger partial charge in [0.2, 0.25) is 0 Å². The summed E-state index contributed by atoms with van der Waals surface area (Å²) in [6, 6.07) is 15.4. The molecule has 192 valence electrons. The zero-order chi connectivity index (χ0) is 24.6. The monoisotopic (exact) mass is 515 g/mol. The molecule has 0 bridgehead atoms. The number of amides is 1. The summed E-state index contributed by atoms with van der Waals surface area (Å²) < 4.78 is 19.0. The number of piperazine rings is 1. The van der Waals surface area contributed by atoms with Crippen LogP contribution in [0.25, 0.3) is 10.8 Å². The SMILES string of the molecule is Cl.O=C(NC(Cc1ccc2cc(OCCCN3CCNCC3)ccc2c1)C(=O)O)c1ccc(F)cc1. The molecule has 1 unspecified atom stereocenters. The van der Waals surface area contributed by atoms with Gasteiger partial charge in [-0.25, -0.2) is 9.18 Å². The van der Waals surface area contributed by atoms with Crippen LogP contribution in [0.1, 0.15) is 22.3 Å². The van der Waals surface area contributed by atoms with Crippen molar-refractivity contribution in [1.29, 1.82) is 0 Å². The first kappa shape index (κ1) is 27.4. The fraction of sp³-hybridized carbons (Fsp3) is 0.333. The maximum Gasteiger partial charge on any atom is 0.326 e. The number of carbonyl (C=O) groups is 2. The summed E-state index contributed by atoms with van der Waals surface area (Å²) in [4.78, 5) is 26.6. The molecule has 0 radical (unpaired) electrons. The van der Waals surface area contributed by atoms with E-state index in [1.54, 1.807) is 0 Å². The molecule has 1 aliphatic heterocycles. The van der Waals surface area contributed by atoms with E-state index in [0.29, 0.717) is 6.61 Å². The predicted molar refractivity (Wildman–Crippen MR) is 140 cm³/mol. The highest BCUT2D eigenvalue weighted by atomic mass is 35.5. The van der Waals surface area contributed by atoms with Crippen LogP contribution in [-0.4, -0.2) is 67.3 Å². The number of aliphatic carboxylic acids is 1. The number of hydrogen-bond acceptors (Lipinski definition) is 5. The van der Waals surface area contributed by atoms with Crippen LogP contribution < -0.4 is 15.4 Å². The molecule has 0 aromatic heterocycles. The van der Waals surface area contributed by atoms with Gasteiger partial charge in [0.05, 0.1) is 6.61 Å². The number of rotatable bonds is 10. The van der Waals surface area contributed by atoms with Gasteiger partial charge >= 0.3 is 5.97 Å². The van der Waals surface area contributed by atoms with Crippen molar-refractivity contribution in [2.24, 2.45) is 0 Å². The number of carboxylic acid groups (broad SMARTS) is 1. The zero-order valence-corrected chi connectivity index (χ0v) is 20.7. The lowest BCUT2D eigenvalue weighted by Crippen LogP contribution is -2.43. The van der Waals surface area contributed by atoms with Crippen molar-refractivity contribution in [3.8, 4) is 5.75 Å². The molecule has 0 saturated carbocycles. The second kappa shape index (κ2) is 13.2. The van der Waals surface area contributed by atoms with Gasteiger partial charge in [-0.1, -0.05) is 24.3 Å². The number of hydrogen-bond donors (Lipinski definition) is 3. The molecule has 0 aliphatic carbocycles. The van der Waals surface area contributed by atoms with Gasteiger partial charge in [0.1, 0.15) is 17.6 Å². The van der Waals surface area contributed by atoms with Gasteiger partial charge < -0.3 is 25.4 Å². The normalized spacial score (nSPS) is 14.6. The number of fused-ring (bicyclic) bond motifs is 1. The summed E-state index contributed by atoms with van der Waals surface area (Å²) in [7, 11) is 0. The van der Waals surface area contributed by atoms with Crippen LogP contribution >= 0.6 is 12.4 Å². The van der Waals surface area contributed by atoms with E-state index >= 15 is 0 Å². The van der Waals surface area contributed by atoms with E-state index in [1.807, 2.05) is 36.4 Å². The second-order valence-electron chi connectivity index (χ2n) is 8.71. The zero-order valence-electron chi connectivity index (χ0n) is 19.9. The van der Waals surface area contributed by atoms with Crippen molar-refractivity contribution >= 4 is 35.1 Å². The third kappa shape index (κ3) is 7.65. The van der Waals surface area contributed by atoms with Crippen LogP contribution in [0.2, 0.25) is 0 Å². The van der Waals surface area contributed by atoms with Crippen LogP contribution in [0.15, 0.2) is 60.7 Å². The number of nitrogens with zero attached hydrogens (tertiary/aromatic N) is 1. The van der Waals surface area contributed by atoms with Crippen LogP contribution in [0.4, 0.5) is 4.39 Å². The molecular formula is C27H31ClFN3O4. The highest BCUT2D eigenvalue weighted by molar-refractivity contribution is 5.96. The first-order valence-corrected chi connectivity index (χ1v) is 11.9. The van der Waals surface area contributed by atoms with Gasteiger partial charge in [0.15, 0.2) is 0 Å². The van der Waals surface area contributed by atoms with E-state index in [-0.39, 0.29) is 24.4 Å². The lowest BCUT2D eigenvalue weighted by molar-refractivity contribution is -0.139. The van der Waals surface area contributed by atoms with Crippen molar-refractivity contribution < 1.29 is 23.8 Å². The van der Waals surface area contributed by atoms with E-state index < -0.39 is 23.7 Å². The Hall–Kier alpha value is -3.20. The molecule has 9 heteroatoms. The summed E-state index contributed by atoms with van der Waals surface area (Å²) in [6.45, 7) is 5.93. The van der Waals surface area contributed by atoms with Gasteiger partial charge in [-0.3, -0.25) is 4.79 Å². The Morgan fingerprint density at radius 1 is 1.03 bits per heavy atom. The molecule has 7 nitrogen and oxygen atoms in total. The second-order valence-corrected chi connectivity index (χ2v) is 8.71. The molecule has 0 spiro atoms. The topological polar surface area (TPSA) is 90.9 Å². The highest BCUT2D eigenvalue weighted by Crippen LogP contribution is 2.23. The standard InChI is InChI=1S/C27H30FN3O4.ClH/c28-23-7-4-20(5-8-23)26(32)30-25(27(33)34)17-19-2-3-22-18-24(9-6-21(22)16-19)35-15-1-12-31-13-10-29-11-14-31;/h2-9,16,18,25,29H,1,10-15,17H2,(H,30,32)(H,33,34);1H. The highest BCUT2D eigenvalue weighted by Gasteiger charge is 2.21. The largest absolute Gasteiger partial charge is 0.494 e. The summed E-state index contributed by atoms with van der Waals surface area (Å²) >= 11 is 0. The van der Waals surface area contributed by atoms with Crippen molar-refractivity contribution in [2.45, 2.75) is 18.9 Å². The van der Waals surface area contributed by atoms with Gasteiger partial charge in [-0.2, -0.15) is 0 Å². The lowest BCUT2D eigenvalue weighted by atomic mass is 10.0. The predicted octanol–water partition coefficient (Wildman–Crippen LogP) is 3.50. The quantitative estimate of drug-likeness (QED) is 0.358. The van der Waals surface area contributed by atoms with Crippen molar-refractivity contribution in [3.05, 3.63) is 77.6 Å². The Bertz CT molecular complexity index is 1170. The van der Waals surface area contributed by atoms with Gasteiger partial charge in [-0.05, 0) is 59.2 Å². The van der Waals surface area contributed by atoms with Gasteiger partial charge in [0.25, 0.3) is 5.91 Å². The van der Waals surface area contributed by atoms with Crippen molar-refractivity contribution in [3.63, 3.8) is 0 Å². The Balaban J connectivity index is 0.00000361. The smallest absolute Gasteiger partial charge is 0.326 e. The van der Waals surface area contributed by atoms with Gasteiger partial charge in [-0.15, -0.1) is 12.4 Å². The van der Waals surface area contributed by atoms with Gasteiger partial charge in [0, 0.05) is 44.7 Å². The summed E-state index contributed by atoms with van der Waals surface area (Å²) in [5.41, 5.74) is 0.991. The number of carbonyl (C=O) groups excluding carboxylic acids is 1. The average Bonchev–Trinajstić information content (AvgIpc) is 2.87. The number of benzene rings is 3. The van der Waals surface area contributed by atoms with E-state index in [4.69, 9.17) is 4.74 Å². The Labute approximate surface area is 216 Å². The van der Waals surface area contributed by atoms with Crippen LogP contribution in [0.3, 0.4) is 0 Å². The molecule has 1 atom stereocenters. The third-order valence-electron chi connectivity index (χ3n) is 6.12. The molecule has 36 heavy (non-hydrogen) atoms. The van der Waals surface area contributed by atoms with Crippen molar-refractivity contribution in [1.82, 2.24) is 15.5 Å². The number of ether oxygens (including phenoxy) is 1. The minimum absolute atomic E-state index is 0. The molecule has 1 heterocycles. The number of nitrogens with one attached hydrogen (secondary N) is 2. The Morgan fingerprint density at radius 2 is 1.72 bits per heavy atom. The Morgan fingerprint density at radius 3 is 2.44 bits per heavy atom. The maximum atomic E-state index is 13.1. The van der Waals surface area contributed by atoms with Crippen molar-refractivity contribution in [2.75, 3.05) is 39.3 Å². The molecule has 3 N–H and O–H groups in total. The van der Waals surface area contributed by atoms with Crippen LogP contribution in [0, 0.1) is 5.82 Å². The number of carboxylic acids is 1. The van der Waals surface area contributed by atoms with E-state index in [1.165, 1.54) is 24.3 Å². The molecule has 1 aliphatic rings. The molecule has 1 amide bonds. The molecule has 3 aromatic carbocycles. The molecule has 1 fully saturated rings. The summed E-state index contributed by atoms with van der Waals surface area (Å²) in [6.07, 6.45) is 1.10. The van der Waals surface area contributed by atoms with E-state index in [0.717, 1.165) is 61.2 Å². The fourth-order valence-corrected chi connectivity index (χ4v) is 4.18. The van der Waals surface area contributed by atoms with Crippen LogP contribution in [0.5, 0.6) is 5.75 Å². The van der Waals surface area contributed by atoms with E-state index in [2.05, 4.69) is 15.5 Å². The molecular weight excluding hydrogens is 485 g/mol. The first-order valence-electron chi connectivity index (χ1n) is 11.9.